The first-order valence-corrected chi connectivity index (χ1v) is 11.3. The SMILES string of the molecule is Cc1ccc(CCc2cc3c4c(ccc3s2)C2c3ccsc3C=CC42)cc1. The van der Waals surface area contributed by atoms with Gasteiger partial charge in [-0.15, -0.1) is 22.7 Å². The summed E-state index contributed by atoms with van der Waals surface area (Å²) in [5, 5.41) is 3.74. The highest BCUT2D eigenvalue weighted by atomic mass is 32.1. The zero-order chi connectivity index (χ0) is 18.0. The topological polar surface area (TPSA) is 0 Å². The maximum Gasteiger partial charge on any atom is 0.0348 e. The number of hydrogen-bond acceptors (Lipinski definition) is 2. The third kappa shape index (κ3) is 2.40. The van der Waals surface area contributed by atoms with Gasteiger partial charge in [-0.1, -0.05) is 42.0 Å². The molecule has 132 valence electrons. The van der Waals surface area contributed by atoms with Crippen molar-refractivity contribution in [3.05, 3.63) is 97.6 Å². The standard InChI is InChI=1S/C25H20S2/c1-15-2-4-16(5-3-15)6-7-17-14-21-23(27-17)11-9-20-24-18-12-13-26-22(18)10-8-19(24)25(20)21/h2-5,8-14,19,24H,6-7H2,1H3. The van der Waals surface area contributed by atoms with Crippen LogP contribution < -0.4 is 0 Å². The van der Waals surface area contributed by atoms with Gasteiger partial charge in [0.15, 0.2) is 0 Å². The predicted molar refractivity (Wildman–Crippen MR) is 118 cm³/mol. The molecule has 0 nitrogen and oxygen atoms in total. The van der Waals surface area contributed by atoms with E-state index in [1.807, 2.05) is 22.7 Å². The molecule has 0 radical (unpaired) electrons. The molecule has 6 rings (SSSR count). The number of hydrogen-bond donors (Lipinski definition) is 0. The largest absolute Gasteiger partial charge is 0.144 e. The van der Waals surface area contributed by atoms with Gasteiger partial charge >= 0.3 is 0 Å². The highest BCUT2D eigenvalue weighted by Gasteiger charge is 2.41. The highest BCUT2D eigenvalue weighted by Crippen LogP contribution is 2.58. The van der Waals surface area contributed by atoms with Crippen molar-refractivity contribution in [2.24, 2.45) is 0 Å². The maximum atomic E-state index is 2.47. The summed E-state index contributed by atoms with van der Waals surface area (Å²) >= 11 is 3.85. The fraction of sp³-hybridized carbons (Fsp3) is 0.200. The number of rotatable bonds is 3. The van der Waals surface area contributed by atoms with Crippen molar-refractivity contribution in [1.82, 2.24) is 0 Å². The van der Waals surface area contributed by atoms with E-state index in [0.29, 0.717) is 11.8 Å². The highest BCUT2D eigenvalue weighted by molar-refractivity contribution is 7.19. The number of allylic oxidation sites excluding steroid dienone is 1. The molecule has 0 fully saturated rings. The number of benzene rings is 2. The molecule has 0 saturated carbocycles. The third-order valence-corrected chi connectivity index (χ3v) is 8.21. The van der Waals surface area contributed by atoms with Gasteiger partial charge in [-0.05, 0) is 77.1 Å². The average Bonchev–Trinajstić information content (AvgIpc) is 3.29. The van der Waals surface area contributed by atoms with Gasteiger partial charge < -0.3 is 0 Å². The van der Waals surface area contributed by atoms with Crippen LogP contribution in [0.2, 0.25) is 0 Å². The minimum atomic E-state index is 0.574. The monoisotopic (exact) mass is 384 g/mol. The van der Waals surface area contributed by atoms with Crippen molar-refractivity contribution in [2.45, 2.75) is 31.6 Å². The summed E-state index contributed by atoms with van der Waals surface area (Å²) in [5.74, 6) is 1.16. The maximum absolute atomic E-state index is 2.47. The van der Waals surface area contributed by atoms with Crippen LogP contribution in [-0.2, 0) is 12.8 Å². The normalized spacial score (nSPS) is 19.4. The summed E-state index contributed by atoms with van der Waals surface area (Å²) in [6.45, 7) is 2.15. The van der Waals surface area contributed by atoms with Crippen LogP contribution in [0.4, 0.5) is 0 Å². The van der Waals surface area contributed by atoms with Crippen LogP contribution in [0, 0.1) is 6.92 Å². The molecule has 2 aromatic heterocycles. The van der Waals surface area contributed by atoms with Crippen molar-refractivity contribution in [1.29, 1.82) is 0 Å². The van der Waals surface area contributed by atoms with Crippen molar-refractivity contribution in [3.8, 4) is 0 Å². The lowest BCUT2D eigenvalue weighted by molar-refractivity contribution is 0.629. The minimum absolute atomic E-state index is 0.574. The first-order valence-electron chi connectivity index (χ1n) is 9.64. The molecule has 0 aliphatic heterocycles. The van der Waals surface area contributed by atoms with Crippen LogP contribution in [0.25, 0.3) is 16.2 Å². The van der Waals surface area contributed by atoms with E-state index in [9.17, 15) is 0 Å². The Labute approximate surface area is 167 Å². The van der Waals surface area contributed by atoms with Crippen LogP contribution in [0.1, 0.15) is 49.4 Å². The molecule has 0 saturated heterocycles. The van der Waals surface area contributed by atoms with Gasteiger partial charge in [-0.3, -0.25) is 0 Å². The Balaban J connectivity index is 1.33. The number of thiophene rings is 2. The first kappa shape index (κ1) is 15.9. The Morgan fingerprint density at radius 2 is 1.81 bits per heavy atom. The Morgan fingerprint density at radius 3 is 2.70 bits per heavy atom. The number of fused-ring (bicyclic) bond motifs is 8. The molecule has 27 heavy (non-hydrogen) atoms. The third-order valence-electron chi connectivity index (χ3n) is 6.15. The van der Waals surface area contributed by atoms with E-state index in [-0.39, 0.29) is 0 Å². The lowest BCUT2D eigenvalue weighted by atomic mass is 9.62. The van der Waals surface area contributed by atoms with Gasteiger partial charge in [0.25, 0.3) is 0 Å². The Morgan fingerprint density at radius 1 is 0.926 bits per heavy atom. The summed E-state index contributed by atoms with van der Waals surface area (Å²) < 4.78 is 1.45. The van der Waals surface area contributed by atoms with E-state index in [2.05, 4.69) is 73.0 Å². The molecule has 2 atom stereocenters. The van der Waals surface area contributed by atoms with Crippen LogP contribution in [0.3, 0.4) is 0 Å². The van der Waals surface area contributed by atoms with Crippen molar-refractivity contribution in [2.75, 3.05) is 0 Å². The van der Waals surface area contributed by atoms with Gasteiger partial charge in [0.1, 0.15) is 0 Å². The Bertz CT molecular complexity index is 1190. The predicted octanol–water partition coefficient (Wildman–Crippen LogP) is 7.31. The molecular formula is C25H20S2. The average molecular weight is 385 g/mol. The molecule has 2 heterocycles. The van der Waals surface area contributed by atoms with Crippen LogP contribution >= 0.6 is 22.7 Å². The second-order valence-electron chi connectivity index (χ2n) is 7.78. The van der Waals surface area contributed by atoms with Crippen molar-refractivity contribution < 1.29 is 0 Å². The van der Waals surface area contributed by atoms with Gasteiger partial charge in [0.05, 0.1) is 0 Å². The van der Waals surface area contributed by atoms with Crippen LogP contribution in [-0.4, -0.2) is 0 Å². The second-order valence-corrected chi connectivity index (χ2v) is 9.90. The van der Waals surface area contributed by atoms with Crippen LogP contribution in [0.5, 0.6) is 0 Å². The van der Waals surface area contributed by atoms with Gasteiger partial charge in [-0.25, -0.2) is 0 Å². The smallest absolute Gasteiger partial charge is 0.0348 e. The second kappa shape index (κ2) is 5.92. The summed E-state index contributed by atoms with van der Waals surface area (Å²) in [6, 6.07) is 18.5. The minimum Gasteiger partial charge on any atom is -0.144 e. The van der Waals surface area contributed by atoms with Crippen molar-refractivity contribution in [3.63, 3.8) is 0 Å². The molecular weight excluding hydrogens is 364 g/mol. The van der Waals surface area contributed by atoms with E-state index in [4.69, 9.17) is 0 Å². The van der Waals surface area contributed by atoms with E-state index in [0.717, 1.165) is 12.8 Å². The van der Waals surface area contributed by atoms with Gasteiger partial charge in [0, 0.05) is 26.3 Å². The molecule has 0 spiro atoms. The van der Waals surface area contributed by atoms with E-state index in [1.165, 1.54) is 36.5 Å². The molecule has 4 aromatic rings. The summed E-state index contributed by atoms with van der Waals surface area (Å²) in [5.41, 5.74) is 7.45. The molecule has 2 unspecified atom stereocenters. The molecule has 2 aromatic carbocycles. The first-order chi connectivity index (χ1) is 13.3. The lowest BCUT2D eigenvalue weighted by Crippen LogP contribution is -2.25. The van der Waals surface area contributed by atoms with E-state index in [1.54, 1.807) is 11.1 Å². The van der Waals surface area contributed by atoms with Crippen molar-refractivity contribution >= 4 is 38.8 Å². The summed E-state index contributed by atoms with van der Waals surface area (Å²) in [4.78, 5) is 2.96. The molecule has 2 aliphatic carbocycles. The Hall–Kier alpha value is -2.16. The Kier molecular flexibility index (Phi) is 3.48. The quantitative estimate of drug-likeness (QED) is 0.347. The van der Waals surface area contributed by atoms with Gasteiger partial charge in [-0.2, -0.15) is 0 Å². The zero-order valence-corrected chi connectivity index (χ0v) is 16.9. The molecule has 2 aliphatic rings. The van der Waals surface area contributed by atoms with E-state index >= 15 is 0 Å². The zero-order valence-electron chi connectivity index (χ0n) is 15.2. The lowest BCUT2D eigenvalue weighted by Gasteiger charge is -2.41. The fourth-order valence-electron chi connectivity index (χ4n) is 4.74. The molecule has 0 bridgehead atoms. The fourth-order valence-corrected chi connectivity index (χ4v) is 6.67. The van der Waals surface area contributed by atoms with E-state index < -0.39 is 0 Å². The summed E-state index contributed by atoms with van der Waals surface area (Å²) in [7, 11) is 0. The van der Waals surface area contributed by atoms with Crippen LogP contribution in [0.15, 0.2) is 60.0 Å². The number of aryl methyl sites for hydroxylation is 3. The summed E-state index contributed by atoms with van der Waals surface area (Å²) in [6.07, 6.45) is 7.04. The molecule has 0 amide bonds. The van der Waals surface area contributed by atoms with Gasteiger partial charge in [0.2, 0.25) is 0 Å². The molecule has 0 N–H and O–H groups in total. The molecule has 2 heteroatoms.